The summed E-state index contributed by atoms with van der Waals surface area (Å²) in [4.78, 5) is 2.51. The average molecular weight is 242 g/mol. The lowest BCUT2D eigenvalue weighted by molar-refractivity contribution is 0.0442. The lowest BCUT2D eigenvalue weighted by Crippen LogP contribution is -2.35. The van der Waals surface area contributed by atoms with Gasteiger partial charge in [-0.1, -0.05) is 13.8 Å². The van der Waals surface area contributed by atoms with Crippen LogP contribution in [0.3, 0.4) is 0 Å². The highest BCUT2D eigenvalue weighted by Gasteiger charge is 2.25. The number of hydrogen-bond acceptors (Lipinski definition) is 3. The average Bonchev–Trinajstić information content (AvgIpc) is 2.41. The lowest BCUT2D eigenvalue weighted by atomic mass is 9.98. The van der Waals surface area contributed by atoms with Gasteiger partial charge in [-0.2, -0.15) is 0 Å². The molecule has 3 heteroatoms. The predicted molar refractivity (Wildman–Crippen MR) is 73.2 cm³/mol. The molecular weight excluding hydrogens is 212 g/mol. The highest BCUT2D eigenvalue weighted by molar-refractivity contribution is 4.79. The van der Waals surface area contributed by atoms with Crippen LogP contribution in [0.1, 0.15) is 46.5 Å². The van der Waals surface area contributed by atoms with E-state index >= 15 is 0 Å². The Hall–Kier alpha value is -0.120. The first kappa shape index (κ1) is 14.9. The van der Waals surface area contributed by atoms with Crippen LogP contribution in [0, 0.1) is 5.92 Å². The molecule has 1 rings (SSSR count). The van der Waals surface area contributed by atoms with E-state index in [0.29, 0.717) is 5.92 Å². The number of hydrogen-bond donors (Lipinski definition) is 2. The molecule has 0 aliphatic carbocycles. The van der Waals surface area contributed by atoms with Gasteiger partial charge >= 0.3 is 0 Å². The summed E-state index contributed by atoms with van der Waals surface area (Å²) in [6.45, 7) is 12.1. The van der Waals surface area contributed by atoms with E-state index in [0.717, 1.165) is 52.0 Å². The molecule has 0 amide bonds. The first-order valence-electron chi connectivity index (χ1n) is 7.19. The SMILES string of the molecule is CCCNCC(C)CN1CCCC(C)(O)CC1. The highest BCUT2D eigenvalue weighted by atomic mass is 16.3. The topological polar surface area (TPSA) is 35.5 Å². The Morgan fingerprint density at radius 3 is 2.82 bits per heavy atom. The zero-order chi connectivity index (χ0) is 12.7. The van der Waals surface area contributed by atoms with Crippen LogP contribution >= 0.6 is 0 Å². The second-order valence-corrected chi connectivity index (χ2v) is 5.96. The molecule has 2 N–H and O–H groups in total. The molecule has 0 spiro atoms. The van der Waals surface area contributed by atoms with Crippen molar-refractivity contribution >= 4 is 0 Å². The molecule has 0 aromatic carbocycles. The molecule has 0 bridgehead atoms. The lowest BCUT2D eigenvalue weighted by Gasteiger charge is -2.25. The number of aliphatic hydroxyl groups is 1. The maximum absolute atomic E-state index is 10.0. The quantitative estimate of drug-likeness (QED) is 0.698. The van der Waals surface area contributed by atoms with Crippen LogP contribution in [0.25, 0.3) is 0 Å². The van der Waals surface area contributed by atoms with E-state index in [4.69, 9.17) is 0 Å². The van der Waals surface area contributed by atoms with Crippen molar-refractivity contribution in [3.05, 3.63) is 0 Å². The zero-order valence-corrected chi connectivity index (χ0v) is 11.8. The van der Waals surface area contributed by atoms with E-state index in [2.05, 4.69) is 24.1 Å². The van der Waals surface area contributed by atoms with Crippen molar-refractivity contribution in [3.63, 3.8) is 0 Å². The normalized spacial score (nSPS) is 28.9. The van der Waals surface area contributed by atoms with Crippen molar-refractivity contribution in [2.24, 2.45) is 5.92 Å². The summed E-state index contributed by atoms with van der Waals surface area (Å²) in [6.07, 6.45) is 4.20. The van der Waals surface area contributed by atoms with Gasteiger partial charge < -0.3 is 15.3 Å². The van der Waals surface area contributed by atoms with Crippen molar-refractivity contribution in [2.75, 3.05) is 32.7 Å². The minimum atomic E-state index is -0.432. The fourth-order valence-electron chi connectivity index (χ4n) is 2.53. The van der Waals surface area contributed by atoms with Crippen LogP contribution in [0.4, 0.5) is 0 Å². The van der Waals surface area contributed by atoms with Gasteiger partial charge in [0.2, 0.25) is 0 Å². The summed E-state index contributed by atoms with van der Waals surface area (Å²) in [5.41, 5.74) is -0.432. The second kappa shape index (κ2) is 7.34. The molecule has 0 aromatic rings. The van der Waals surface area contributed by atoms with E-state index in [9.17, 15) is 5.11 Å². The summed E-state index contributed by atoms with van der Waals surface area (Å²) in [6, 6.07) is 0. The van der Waals surface area contributed by atoms with Gasteiger partial charge in [-0.3, -0.25) is 0 Å². The Balaban J connectivity index is 2.22. The van der Waals surface area contributed by atoms with Crippen LogP contribution in [-0.4, -0.2) is 48.3 Å². The van der Waals surface area contributed by atoms with E-state index in [1.54, 1.807) is 0 Å². The summed E-state index contributed by atoms with van der Waals surface area (Å²) in [7, 11) is 0. The molecule has 102 valence electrons. The maximum Gasteiger partial charge on any atom is 0.0632 e. The molecule has 1 saturated heterocycles. The van der Waals surface area contributed by atoms with Crippen molar-refractivity contribution < 1.29 is 5.11 Å². The molecule has 1 heterocycles. The molecule has 1 aliphatic heterocycles. The Morgan fingerprint density at radius 1 is 1.35 bits per heavy atom. The molecule has 2 atom stereocenters. The van der Waals surface area contributed by atoms with E-state index in [1.807, 2.05) is 6.92 Å². The molecule has 0 aromatic heterocycles. The highest BCUT2D eigenvalue weighted by Crippen LogP contribution is 2.21. The Bertz CT molecular complexity index is 206. The molecule has 0 saturated carbocycles. The van der Waals surface area contributed by atoms with Gasteiger partial charge in [0.05, 0.1) is 5.60 Å². The smallest absolute Gasteiger partial charge is 0.0632 e. The van der Waals surface area contributed by atoms with Crippen molar-refractivity contribution in [2.45, 2.75) is 52.1 Å². The third kappa shape index (κ3) is 6.39. The summed E-state index contributed by atoms with van der Waals surface area (Å²) in [5.74, 6) is 0.699. The summed E-state index contributed by atoms with van der Waals surface area (Å²) in [5, 5.41) is 13.5. The summed E-state index contributed by atoms with van der Waals surface area (Å²) >= 11 is 0. The second-order valence-electron chi connectivity index (χ2n) is 5.96. The van der Waals surface area contributed by atoms with Crippen molar-refractivity contribution in [3.8, 4) is 0 Å². The van der Waals surface area contributed by atoms with Gasteiger partial charge in [0, 0.05) is 13.1 Å². The van der Waals surface area contributed by atoms with Gasteiger partial charge in [0.1, 0.15) is 0 Å². The standard InChI is InChI=1S/C14H30N2O/c1-4-8-15-11-13(2)12-16-9-5-6-14(3,17)7-10-16/h13,15,17H,4-12H2,1-3H3. The molecule has 1 aliphatic rings. The molecule has 2 unspecified atom stereocenters. The minimum absolute atomic E-state index is 0.432. The van der Waals surface area contributed by atoms with E-state index in [1.165, 1.54) is 6.42 Å². The van der Waals surface area contributed by atoms with Crippen LogP contribution in [0.15, 0.2) is 0 Å². The van der Waals surface area contributed by atoms with Gasteiger partial charge in [-0.25, -0.2) is 0 Å². The fraction of sp³-hybridized carbons (Fsp3) is 1.00. The molecular formula is C14H30N2O. The minimum Gasteiger partial charge on any atom is -0.390 e. The van der Waals surface area contributed by atoms with Gasteiger partial charge in [-0.15, -0.1) is 0 Å². The first-order chi connectivity index (χ1) is 8.03. The van der Waals surface area contributed by atoms with Gasteiger partial charge in [0.25, 0.3) is 0 Å². The van der Waals surface area contributed by atoms with E-state index in [-0.39, 0.29) is 0 Å². The molecule has 17 heavy (non-hydrogen) atoms. The number of nitrogens with zero attached hydrogens (tertiary/aromatic N) is 1. The Kier molecular flexibility index (Phi) is 6.45. The van der Waals surface area contributed by atoms with Gasteiger partial charge in [-0.05, 0) is 58.2 Å². The molecule has 0 radical (unpaired) electrons. The first-order valence-corrected chi connectivity index (χ1v) is 7.19. The summed E-state index contributed by atoms with van der Waals surface area (Å²) < 4.78 is 0. The van der Waals surface area contributed by atoms with Crippen LogP contribution in [0.5, 0.6) is 0 Å². The molecule has 1 fully saturated rings. The third-order valence-corrected chi connectivity index (χ3v) is 3.65. The van der Waals surface area contributed by atoms with E-state index < -0.39 is 5.60 Å². The monoisotopic (exact) mass is 242 g/mol. The predicted octanol–water partition coefficient (Wildman–Crippen LogP) is 1.86. The zero-order valence-electron chi connectivity index (χ0n) is 11.8. The van der Waals surface area contributed by atoms with Crippen LogP contribution in [-0.2, 0) is 0 Å². The van der Waals surface area contributed by atoms with Crippen molar-refractivity contribution in [1.82, 2.24) is 10.2 Å². The van der Waals surface area contributed by atoms with Gasteiger partial charge in [0.15, 0.2) is 0 Å². The largest absolute Gasteiger partial charge is 0.390 e. The van der Waals surface area contributed by atoms with Crippen molar-refractivity contribution in [1.29, 1.82) is 0 Å². The maximum atomic E-state index is 10.0. The Labute approximate surface area is 107 Å². The third-order valence-electron chi connectivity index (χ3n) is 3.65. The number of likely N-dealkylation sites (tertiary alicyclic amines) is 1. The number of rotatable bonds is 6. The number of nitrogens with one attached hydrogen (secondary N) is 1. The van der Waals surface area contributed by atoms with Crippen LogP contribution in [0.2, 0.25) is 0 Å². The fourth-order valence-corrected chi connectivity index (χ4v) is 2.53. The van der Waals surface area contributed by atoms with Crippen LogP contribution < -0.4 is 5.32 Å². The Morgan fingerprint density at radius 2 is 2.12 bits per heavy atom. The molecule has 3 nitrogen and oxygen atoms in total.